The molecule has 0 spiro atoms. The van der Waals surface area contributed by atoms with E-state index in [1.165, 1.54) is 0 Å². The molecule has 0 fully saturated rings. The minimum atomic E-state index is -1.56. The van der Waals surface area contributed by atoms with Crippen molar-refractivity contribution >= 4 is 35.6 Å². The quantitative estimate of drug-likeness (QED) is 0.0674. The van der Waals surface area contributed by atoms with E-state index in [1.54, 1.807) is 30.3 Å². The van der Waals surface area contributed by atoms with Gasteiger partial charge >= 0.3 is 11.9 Å². The summed E-state index contributed by atoms with van der Waals surface area (Å²) in [4.78, 5) is 75.2. The van der Waals surface area contributed by atoms with Crippen LogP contribution in [-0.4, -0.2) is 89.7 Å². The third kappa shape index (κ3) is 16.6. The number of nitrogens with two attached hydrogens (primary N) is 1. The molecule has 0 unspecified atom stereocenters. The number of benzene rings is 1. The number of carbonyl (C=O) groups is 6. The summed E-state index contributed by atoms with van der Waals surface area (Å²) in [5, 5.41) is 27.9. The summed E-state index contributed by atoms with van der Waals surface area (Å²) in [5.74, 6) is -5.11. The summed E-state index contributed by atoms with van der Waals surface area (Å²) >= 11 is 0. The predicted molar refractivity (Wildman–Crippen MR) is 165 cm³/mol. The van der Waals surface area contributed by atoms with Gasteiger partial charge in [0.1, 0.15) is 31.3 Å². The number of esters is 1. The third-order valence-corrected chi connectivity index (χ3v) is 6.74. The average molecular weight is 636 g/mol. The van der Waals surface area contributed by atoms with Crippen LogP contribution in [0, 0.1) is 5.92 Å². The van der Waals surface area contributed by atoms with E-state index in [0.717, 1.165) is 25.7 Å². The van der Waals surface area contributed by atoms with Gasteiger partial charge < -0.3 is 42.0 Å². The highest BCUT2D eigenvalue weighted by Crippen LogP contribution is 2.08. The topological polar surface area (TPSA) is 226 Å². The van der Waals surface area contributed by atoms with Crippen molar-refractivity contribution < 1.29 is 43.7 Å². The Morgan fingerprint density at radius 2 is 1.42 bits per heavy atom. The van der Waals surface area contributed by atoms with Gasteiger partial charge in [0.05, 0.1) is 12.6 Å². The number of aliphatic carboxylic acids is 1. The zero-order chi connectivity index (χ0) is 33.8. The lowest BCUT2D eigenvalue weighted by atomic mass is 10.0. The lowest BCUT2D eigenvalue weighted by Crippen LogP contribution is -2.60. The fourth-order valence-corrected chi connectivity index (χ4v) is 4.28. The maximum Gasteiger partial charge on any atom is 0.322 e. The molecule has 0 bridgehead atoms. The third-order valence-electron chi connectivity index (χ3n) is 6.74. The van der Waals surface area contributed by atoms with Crippen LogP contribution in [0.2, 0.25) is 0 Å². The number of aliphatic hydroxyl groups excluding tert-OH is 1. The predicted octanol–water partition coefficient (Wildman–Crippen LogP) is 0.154. The first-order valence-corrected chi connectivity index (χ1v) is 15.3. The van der Waals surface area contributed by atoms with Crippen molar-refractivity contribution in [1.29, 1.82) is 0 Å². The molecule has 0 aliphatic carbocycles. The molecular weight excluding hydrogens is 586 g/mol. The van der Waals surface area contributed by atoms with E-state index in [1.807, 2.05) is 13.8 Å². The van der Waals surface area contributed by atoms with Crippen molar-refractivity contribution in [2.75, 3.05) is 19.8 Å². The number of carboxylic acid groups (broad SMARTS) is 1. The first kappa shape index (κ1) is 39.0. The highest BCUT2D eigenvalue weighted by Gasteiger charge is 2.31. The van der Waals surface area contributed by atoms with E-state index in [9.17, 15) is 33.9 Å². The number of carboxylic acids is 1. The molecule has 8 N–H and O–H groups in total. The minimum absolute atomic E-state index is 0.0511. The van der Waals surface area contributed by atoms with Crippen molar-refractivity contribution in [1.82, 2.24) is 21.3 Å². The van der Waals surface area contributed by atoms with Gasteiger partial charge in [-0.25, -0.2) is 0 Å². The van der Waals surface area contributed by atoms with E-state index < -0.39 is 79.5 Å². The first-order chi connectivity index (χ1) is 21.4. The van der Waals surface area contributed by atoms with Crippen LogP contribution >= 0.6 is 0 Å². The normalized spacial score (nSPS) is 13.6. The summed E-state index contributed by atoms with van der Waals surface area (Å²) in [6, 6.07) is 3.69. The largest absolute Gasteiger partial charge is 0.480 e. The fraction of sp³-hybridized carbons (Fsp3) is 0.613. The Hall–Kier alpha value is -4.04. The Labute approximate surface area is 264 Å². The molecule has 0 saturated heterocycles. The van der Waals surface area contributed by atoms with Crippen LogP contribution in [0.4, 0.5) is 0 Å². The molecule has 1 aromatic carbocycles. The van der Waals surface area contributed by atoms with Crippen LogP contribution in [0.1, 0.15) is 71.3 Å². The molecule has 45 heavy (non-hydrogen) atoms. The number of aliphatic hydroxyl groups is 1. The van der Waals surface area contributed by atoms with Crippen LogP contribution in [0.25, 0.3) is 0 Å². The van der Waals surface area contributed by atoms with Gasteiger partial charge in [0, 0.05) is 12.8 Å². The maximum atomic E-state index is 13.5. The summed E-state index contributed by atoms with van der Waals surface area (Å²) < 4.78 is 5.29. The van der Waals surface area contributed by atoms with Gasteiger partial charge in [0.15, 0.2) is 0 Å². The molecule has 0 saturated carbocycles. The molecule has 1 rings (SSSR count). The maximum absolute atomic E-state index is 13.5. The summed E-state index contributed by atoms with van der Waals surface area (Å²) in [6.45, 7) is 3.65. The number of amides is 4. The van der Waals surface area contributed by atoms with Crippen molar-refractivity contribution in [3.63, 3.8) is 0 Å². The molecule has 4 amide bonds. The van der Waals surface area contributed by atoms with Crippen molar-refractivity contribution in [2.24, 2.45) is 11.7 Å². The van der Waals surface area contributed by atoms with Crippen molar-refractivity contribution in [3.8, 4) is 0 Å². The molecule has 14 nitrogen and oxygen atoms in total. The molecule has 0 aromatic heterocycles. The van der Waals surface area contributed by atoms with Gasteiger partial charge in [-0.3, -0.25) is 28.8 Å². The Morgan fingerprint density at radius 3 is 2.02 bits per heavy atom. The van der Waals surface area contributed by atoms with E-state index in [0.29, 0.717) is 18.4 Å². The second-order valence-corrected chi connectivity index (χ2v) is 11.3. The number of carbonyl (C=O) groups excluding carboxylic acids is 5. The smallest absolute Gasteiger partial charge is 0.322 e. The van der Waals surface area contributed by atoms with E-state index in [-0.39, 0.29) is 18.8 Å². The fourth-order valence-electron chi connectivity index (χ4n) is 4.28. The molecule has 0 radical (unpaired) electrons. The Morgan fingerprint density at radius 1 is 0.822 bits per heavy atom. The SMILES string of the molecule is CCCCCCCC(=O)OC[C@@H](NC(=O)[C@@H](Cc1ccccc1)NC(=O)[C@H](N)CC(C)C)C(=O)N[C@H](CO)C(=O)NCC(=O)O. The van der Waals surface area contributed by atoms with Crippen LogP contribution < -0.4 is 27.0 Å². The van der Waals surface area contributed by atoms with E-state index in [2.05, 4.69) is 28.2 Å². The Balaban J connectivity index is 3.14. The number of rotatable bonds is 22. The lowest BCUT2D eigenvalue weighted by Gasteiger charge is -2.25. The molecule has 4 atom stereocenters. The standard InChI is InChI=1S/C31H49N5O9/c1-4-5-6-7-11-14-27(40)45-19-25(31(44)35-24(18-37)29(42)33-17-26(38)39)36-30(43)23(16-21-12-9-8-10-13-21)34-28(41)22(32)15-20(2)3/h8-10,12-13,20,22-25,37H,4-7,11,14-19,32H2,1-3H3,(H,33,42)(H,34,41)(H,35,44)(H,36,43)(H,38,39)/t22-,23-,24-,25-/m1/s1. The lowest BCUT2D eigenvalue weighted by molar-refractivity contribution is -0.147. The van der Waals surface area contributed by atoms with Gasteiger partial charge in [-0.05, 0) is 24.3 Å². The number of hydrogen-bond acceptors (Lipinski definition) is 9. The second-order valence-electron chi connectivity index (χ2n) is 11.3. The summed E-state index contributed by atoms with van der Waals surface area (Å²) in [5.41, 5.74) is 6.74. The minimum Gasteiger partial charge on any atom is -0.480 e. The van der Waals surface area contributed by atoms with Gasteiger partial charge in [-0.1, -0.05) is 76.8 Å². The summed E-state index contributed by atoms with van der Waals surface area (Å²) in [6.07, 6.45) is 4.98. The van der Waals surface area contributed by atoms with E-state index >= 15 is 0 Å². The van der Waals surface area contributed by atoms with Crippen molar-refractivity contribution in [3.05, 3.63) is 35.9 Å². The molecule has 0 heterocycles. The molecule has 0 aliphatic heterocycles. The van der Waals surface area contributed by atoms with Crippen LogP contribution in [-0.2, 0) is 39.9 Å². The van der Waals surface area contributed by atoms with E-state index in [4.69, 9.17) is 15.6 Å². The number of ether oxygens (including phenoxy) is 1. The van der Waals surface area contributed by atoms with Crippen LogP contribution in [0.15, 0.2) is 30.3 Å². The molecule has 0 aliphatic rings. The highest BCUT2D eigenvalue weighted by molar-refractivity contribution is 5.95. The van der Waals surface area contributed by atoms with Crippen molar-refractivity contribution in [2.45, 2.75) is 96.3 Å². The zero-order valence-corrected chi connectivity index (χ0v) is 26.4. The van der Waals surface area contributed by atoms with Gasteiger partial charge in [-0.15, -0.1) is 0 Å². The molecule has 1 aromatic rings. The highest BCUT2D eigenvalue weighted by atomic mass is 16.5. The van der Waals surface area contributed by atoms with Crippen LogP contribution in [0.3, 0.4) is 0 Å². The van der Waals surface area contributed by atoms with Gasteiger partial charge in [0.25, 0.3) is 0 Å². The van der Waals surface area contributed by atoms with Gasteiger partial charge in [0.2, 0.25) is 23.6 Å². The average Bonchev–Trinajstić information content (AvgIpc) is 2.99. The summed E-state index contributed by atoms with van der Waals surface area (Å²) in [7, 11) is 0. The molecule has 14 heteroatoms. The Bertz CT molecular complexity index is 1100. The van der Waals surface area contributed by atoms with Crippen LogP contribution in [0.5, 0.6) is 0 Å². The van der Waals surface area contributed by atoms with Gasteiger partial charge in [-0.2, -0.15) is 0 Å². The monoisotopic (exact) mass is 635 g/mol. The molecular formula is C31H49N5O9. The second kappa shape index (κ2) is 21.6. The number of unbranched alkanes of at least 4 members (excludes halogenated alkanes) is 4. The number of hydrogen-bond donors (Lipinski definition) is 7. The zero-order valence-electron chi connectivity index (χ0n) is 26.4. The first-order valence-electron chi connectivity index (χ1n) is 15.3. The molecule has 252 valence electrons. The number of nitrogens with one attached hydrogen (secondary N) is 4. The Kier molecular flexibility index (Phi) is 18.7.